The summed E-state index contributed by atoms with van der Waals surface area (Å²) in [4.78, 5) is 21.5. The van der Waals surface area contributed by atoms with Crippen LogP contribution in [0.4, 0.5) is 5.82 Å². The predicted molar refractivity (Wildman–Crippen MR) is 117 cm³/mol. The van der Waals surface area contributed by atoms with Crippen LogP contribution in [-0.2, 0) is 18.4 Å². The number of nitrogens with zero attached hydrogens (tertiary/aromatic N) is 7. The number of fused-ring (bicyclic) bond motifs is 1. The quantitative estimate of drug-likeness (QED) is 0.477. The van der Waals surface area contributed by atoms with E-state index in [1.54, 1.807) is 22.4 Å². The second-order valence-electron chi connectivity index (χ2n) is 8.03. The molecule has 3 aromatic heterocycles. The van der Waals surface area contributed by atoms with Crippen molar-refractivity contribution in [3.63, 3.8) is 0 Å². The molecule has 0 aliphatic heterocycles. The lowest BCUT2D eigenvalue weighted by Gasteiger charge is -2.11. The van der Waals surface area contributed by atoms with Crippen molar-refractivity contribution in [2.24, 2.45) is 13.0 Å². The summed E-state index contributed by atoms with van der Waals surface area (Å²) >= 11 is 0. The molecule has 1 fully saturated rings. The van der Waals surface area contributed by atoms with Crippen molar-refractivity contribution < 1.29 is 9.53 Å². The van der Waals surface area contributed by atoms with Crippen LogP contribution < -0.4 is 10.1 Å². The zero-order valence-electron chi connectivity index (χ0n) is 17.8. The molecule has 10 heteroatoms. The fourth-order valence-corrected chi connectivity index (χ4v) is 4.15. The van der Waals surface area contributed by atoms with E-state index in [4.69, 9.17) is 4.74 Å². The summed E-state index contributed by atoms with van der Waals surface area (Å²) in [6.07, 6.45) is 5.27. The largest absolute Gasteiger partial charge is 0.458 e. The molecule has 0 atom stereocenters. The molecular weight excluding hydrogens is 408 g/mol. The standard InChI is InChI=1S/C22H24N8O2/c1-29-21(26-27-28-29)30-18-11-5-4-10-17(18)24-22(30)32-14-16-9-6-12-19(23-16)25-20(31)13-15-7-2-3-8-15/h4-6,9-12,15H,2-3,7-8,13-14H2,1H3,(H,23,25,31). The molecular formula is C22H24N8O2. The zero-order chi connectivity index (χ0) is 21.9. The molecule has 0 spiro atoms. The van der Waals surface area contributed by atoms with Gasteiger partial charge in [0.05, 0.1) is 16.7 Å². The molecule has 0 saturated heterocycles. The number of benzene rings is 1. The van der Waals surface area contributed by atoms with Gasteiger partial charge in [0, 0.05) is 13.5 Å². The molecule has 0 radical (unpaired) electrons. The number of para-hydroxylation sites is 2. The van der Waals surface area contributed by atoms with Gasteiger partial charge >= 0.3 is 6.01 Å². The SMILES string of the molecule is Cn1nnnc1-n1c(OCc2cccc(NC(=O)CC3CCCC3)n2)nc2ccccc21. The van der Waals surface area contributed by atoms with Gasteiger partial charge in [0.25, 0.3) is 5.95 Å². The molecule has 4 aromatic rings. The number of nitrogens with one attached hydrogen (secondary N) is 1. The van der Waals surface area contributed by atoms with Crippen LogP contribution in [0.3, 0.4) is 0 Å². The molecule has 1 aromatic carbocycles. The minimum atomic E-state index is 0.0130. The first-order chi connectivity index (χ1) is 15.7. The number of imidazole rings is 1. The van der Waals surface area contributed by atoms with Crippen molar-refractivity contribution in [1.82, 2.24) is 34.7 Å². The molecule has 1 aliphatic rings. The lowest BCUT2D eigenvalue weighted by molar-refractivity contribution is -0.117. The first-order valence-corrected chi connectivity index (χ1v) is 10.8. The molecule has 10 nitrogen and oxygen atoms in total. The zero-order valence-corrected chi connectivity index (χ0v) is 17.8. The second kappa shape index (κ2) is 8.74. The average Bonchev–Trinajstić information content (AvgIpc) is 3.52. The number of rotatable bonds is 7. The van der Waals surface area contributed by atoms with Crippen LogP contribution in [0.2, 0.25) is 0 Å². The fourth-order valence-electron chi connectivity index (χ4n) is 4.15. The average molecular weight is 432 g/mol. The summed E-state index contributed by atoms with van der Waals surface area (Å²) in [7, 11) is 1.76. The third-order valence-electron chi connectivity index (χ3n) is 5.70. The van der Waals surface area contributed by atoms with Crippen LogP contribution in [0.1, 0.15) is 37.8 Å². The Hall–Kier alpha value is -3.82. The van der Waals surface area contributed by atoms with Gasteiger partial charge in [-0.25, -0.2) is 14.2 Å². The first kappa shape index (κ1) is 20.1. The maximum Gasteiger partial charge on any atom is 0.305 e. The lowest BCUT2D eigenvalue weighted by Crippen LogP contribution is -2.16. The van der Waals surface area contributed by atoms with Crippen molar-refractivity contribution in [3.05, 3.63) is 48.2 Å². The number of amides is 1. The van der Waals surface area contributed by atoms with E-state index in [9.17, 15) is 4.79 Å². The Morgan fingerprint density at radius 2 is 1.97 bits per heavy atom. The van der Waals surface area contributed by atoms with Crippen LogP contribution >= 0.6 is 0 Å². The van der Waals surface area contributed by atoms with Crippen molar-refractivity contribution in [1.29, 1.82) is 0 Å². The normalized spacial score (nSPS) is 14.2. The van der Waals surface area contributed by atoms with E-state index in [1.807, 2.05) is 36.4 Å². The number of hydrogen-bond acceptors (Lipinski definition) is 7. The van der Waals surface area contributed by atoms with Crippen LogP contribution in [0.15, 0.2) is 42.5 Å². The highest BCUT2D eigenvalue weighted by atomic mass is 16.5. The molecule has 1 amide bonds. The van der Waals surface area contributed by atoms with Gasteiger partial charge in [0.15, 0.2) is 0 Å². The minimum absolute atomic E-state index is 0.0130. The van der Waals surface area contributed by atoms with Gasteiger partial charge in [-0.3, -0.25) is 4.79 Å². The van der Waals surface area contributed by atoms with Crippen molar-refractivity contribution >= 4 is 22.8 Å². The number of tetrazole rings is 1. The number of pyridine rings is 1. The van der Waals surface area contributed by atoms with Gasteiger partial charge in [-0.1, -0.05) is 36.1 Å². The summed E-state index contributed by atoms with van der Waals surface area (Å²) in [5, 5.41) is 14.6. The van der Waals surface area contributed by atoms with Gasteiger partial charge in [0.2, 0.25) is 5.91 Å². The Bertz CT molecular complexity index is 1240. The van der Waals surface area contributed by atoms with Crippen LogP contribution in [0, 0.1) is 5.92 Å². The molecule has 1 saturated carbocycles. The van der Waals surface area contributed by atoms with Crippen molar-refractivity contribution in [3.8, 4) is 12.0 Å². The number of aryl methyl sites for hydroxylation is 1. The Kier molecular flexibility index (Phi) is 5.49. The van der Waals surface area contributed by atoms with Gasteiger partial charge in [0.1, 0.15) is 12.4 Å². The van der Waals surface area contributed by atoms with E-state index in [1.165, 1.54) is 12.8 Å². The summed E-state index contributed by atoms with van der Waals surface area (Å²) < 4.78 is 9.34. The van der Waals surface area contributed by atoms with E-state index in [-0.39, 0.29) is 12.5 Å². The van der Waals surface area contributed by atoms with Gasteiger partial charge in [-0.2, -0.15) is 4.98 Å². The molecule has 0 bridgehead atoms. The smallest absolute Gasteiger partial charge is 0.305 e. The summed E-state index contributed by atoms with van der Waals surface area (Å²) in [6.45, 7) is 0.181. The molecule has 3 heterocycles. The van der Waals surface area contributed by atoms with Gasteiger partial charge in [-0.15, -0.1) is 0 Å². The Morgan fingerprint density at radius 1 is 1.12 bits per heavy atom. The number of carbonyl (C=O) groups is 1. The summed E-state index contributed by atoms with van der Waals surface area (Å²) in [5.41, 5.74) is 2.28. The Morgan fingerprint density at radius 3 is 2.78 bits per heavy atom. The monoisotopic (exact) mass is 432 g/mol. The van der Waals surface area contributed by atoms with Crippen LogP contribution in [-0.4, -0.2) is 40.6 Å². The number of aromatic nitrogens is 7. The Balaban J connectivity index is 1.32. The molecule has 0 unspecified atom stereocenters. The molecule has 5 rings (SSSR count). The van der Waals surface area contributed by atoms with E-state index in [0.29, 0.717) is 35.8 Å². The third-order valence-corrected chi connectivity index (χ3v) is 5.70. The van der Waals surface area contributed by atoms with Crippen molar-refractivity contribution in [2.45, 2.75) is 38.7 Å². The van der Waals surface area contributed by atoms with E-state index >= 15 is 0 Å². The van der Waals surface area contributed by atoms with E-state index in [0.717, 1.165) is 23.9 Å². The summed E-state index contributed by atoms with van der Waals surface area (Å²) in [6, 6.07) is 13.5. The van der Waals surface area contributed by atoms with Crippen LogP contribution in [0.25, 0.3) is 17.0 Å². The highest BCUT2D eigenvalue weighted by Crippen LogP contribution is 2.28. The second-order valence-corrected chi connectivity index (χ2v) is 8.03. The maximum atomic E-state index is 12.3. The number of anilines is 1. The molecule has 164 valence electrons. The molecule has 32 heavy (non-hydrogen) atoms. The number of hydrogen-bond donors (Lipinski definition) is 1. The minimum Gasteiger partial charge on any atom is -0.458 e. The number of ether oxygens (including phenoxy) is 1. The summed E-state index contributed by atoms with van der Waals surface area (Å²) in [5.74, 6) is 1.53. The van der Waals surface area contributed by atoms with Gasteiger partial charge in [-0.05, 0) is 53.5 Å². The van der Waals surface area contributed by atoms with Crippen LogP contribution in [0.5, 0.6) is 6.01 Å². The van der Waals surface area contributed by atoms with E-state index in [2.05, 4.69) is 30.8 Å². The topological polar surface area (TPSA) is 113 Å². The predicted octanol–water partition coefficient (Wildman–Crippen LogP) is 3.04. The van der Waals surface area contributed by atoms with E-state index < -0.39 is 0 Å². The maximum absolute atomic E-state index is 12.3. The molecule has 1 aliphatic carbocycles. The first-order valence-electron chi connectivity index (χ1n) is 10.8. The highest BCUT2D eigenvalue weighted by Gasteiger charge is 2.20. The van der Waals surface area contributed by atoms with Crippen molar-refractivity contribution in [2.75, 3.05) is 5.32 Å². The lowest BCUT2D eigenvalue weighted by atomic mass is 10.0. The fraction of sp³-hybridized carbons (Fsp3) is 0.364. The van der Waals surface area contributed by atoms with Gasteiger partial charge < -0.3 is 10.1 Å². The highest BCUT2D eigenvalue weighted by molar-refractivity contribution is 5.89. The Labute approximate surface area is 184 Å². The third kappa shape index (κ3) is 4.16. The molecule has 1 N–H and O–H groups in total. The number of carbonyl (C=O) groups excluding carboxylic acids is 1.